The highest BCUT2D eigenvalue weighted by Gasteiger charge is 2.43. The average Bonchev–Trinajstić information content (AvgIpc) is 2.82. The summed E-state index contributed by atoms with van der Waals surface area (Å²) in [4.78, 5) is 42.3. The van der Waals surface area contributed by atoms with E-state index in [0.717, 1.165) is 16.7 Å². The molecule has 2 aromatic carbocycles. The van der Waals surface area contributed by atoms with Crippen LogP contribution in [0, 0.1) is 20.8 Å². The molecule has 0 heterocycles. The van der Waals surface area contributed by atoms with E-state index in [9.17, 15) is 19.5 Å². The lowest BCUT2D eigenvalue weighted by Crippen LogP contribution is -2.59. The molecule has 2 rings (SSSR count). The van der Waals surface area contributed by atoms with E-state index in [4.69, 9.17) is 16.3 Å². The lowest BCUT2D eigenvalue weighted by atomic mass is 9.90. The summed E-state index contributed by atoms with van der Waals surface area (Å²) in [6, 6.07) is 8.52. The number of halogens is 1. The van der Waals surface area contributed by atoms with Gasteiger partial charge in [0.2, 0.25) is 5.91 Å². The highest BCUT2D eigenvalue weighted by atomic mass is 35.5. The van der Waals surface area contributed by atoms with Crippen molar-refractivity contribution in [2.75, 3.05) is 11.9 Å². The zero-order chi connectivity index (χ0) is 29.7. The third-order valence-corrected chi connectivity index (χ3v) is 6.94. The normalized spacial score (nSPS) is 13.3. The number of hydrogen-bond donors (Lipinski definition) is 3. The van der Waals surface area contributed by atoms with E-state index in [1.54, 1.807) is 32.9 Å². The molecular weight excluding hydrogens is 518 g/mol. The van der Waals surface area contributed by atoms with Crippen molar-refractivity contribution in [3.63, 3.8) is 0 Å². The monoisotopic (exact) mass is 559 g/mol. The van der Waals surface area contributed by atoms with Crippen molar-refractivity contribution >= 4 is 35.2 Å². The van der Waals surface area contributed by atoms with Gasteiger partial charge in [0.1, 0.15) is 17.7 Å². The zero-order valence-corrected chi connectivity index (χ0v) is 25.2. The van der Waals surface area contributed by atoms with Crippen molar-refractivity contribution in [3.8, 4) is 0 Å². The number of nitrogens with zero attached hydrogens (tertiary/aromatic N) is 1. The number of carbonyl (C=O) groups excluding carboxylic acids is 3. The molecule has 2 unspecified atom stereocenters. The number of aliphatic hydroxyl groups excluding tert-OH is 1. The highest BCUT2D eigenvalue weighted by molar-refractivity contribution is 6.34. The van der Waals surface area contributed by atoms with E-state index in [1.807, 2.05) is 65.8 Å². The van der Waals surface area contributed by atoms with Gasteiger partial charge in [-0.3, -0.25) is 9.59 Å². The molecule has 3 N–H and O–H groups in total. The molecule has 8 nitrogen and oxygen atoms in total. The van der Waals surface area contributed by atoms with Gasteiger partial charge < -0.3 is 25.4 Å². The number of amides is 3. The Morgan fingerprint density at radius 2 is 1.67 bits per heavy atom. The summed E-state index contributed by atoms with van der Waals surface area (Å²) in [5.41, 5.74) is 2.00. The van der Waals surface area contributed by atoms with E-state index >= 15 is 0 Å². The SMILES string of the molecule is CCC(C)(C)N(C(=O)C(CO)NC(=O)OC(C)(C)C)C(C(=O)Nc1c(C)cccc1Cl)c1ccc(C)cc1C. The fourth-order valence-electron chi connectivity index (χ4n) is 4.26. The van der Waals surface area contributed by atoms with Crippen molar-refractivity contribution in [3.05, 3.63) is 63.7 Å². The molecular formula is C30H42ClN3O5. The lowest BCUT2D eigenvalue weighted by molar-refractivity contribution is -0.148. The summed E-state index contributed by atoms with van der Waals surface area (Å²) in [5, 5.41) is 16.0. The number of ether oxygens (including phenoxy) is 1. The summed E-state index contributed by atoms with van der Waals surface area (Å²) in [6.45, 7) is 15.7. The zero-order valence-electron chi connectivity index (χ0n) is 24.4. The van der Waals surface area contributed by atoms with Crippen molar-refractivity contribution in [2.24, 2.45) is 0 Å². The molecule has 0 bridgehead atoms. The van der Waals surface area contributed by atoms with Gasteiger partial charge in [-0.25, -0.2) is 4.79 Å². The predicted octanol–water partition coefficient (Wildman–Crippen LogP) is 5.85. The van der Waals surface area contributed by atoms with Crippen LogP contribution in [0.15, 0.2) is 36.4 Å². The molecule has 0 radical (unpaired) electrons. The maximum atomic E-state index is 14.2. The number of anilines is 1. The number of carbonyl (C=O) groups is 3. The maximum absolute atomic E-state index is 14.2. The number of alkyl carbamates (subject to hydrolysis) is 1. The van der Waals surface area contributed by atoms with Gasteiger partial charge in [0.15, 0.2) is 0 Å². The Balaban J connectivity index is 2.68. The Labute approximate surface area is 237 Å². The van der Waals surface area contributed by atoms with E-state index < -0.39 is 47.7 Å². The third kappa shape index (κ3) is 8.19. The van der Waals surface area contributed by atoms with Crippen LogP contribution >= 0.6 is 11.6 Å². The molecule has 214 valence electrons. The van der Waals surface area contributed by atoms with E-state index in [0.29, 0.717) is 22.7 Å². The van der Waals surface area contributed by atoms with E-state index in [1.165, 1.54) is 4.90 Å². The number of rotatable bonds is 9. The van der Waals surface area contributed by atoms with Crippen LogP contribution < -0.4 is 10.6 Å². The molecule has 0 aliphatic rings. The maximum Gasteiger partial charge on any atom is 0.408 e. The topological polar surface area (TPSA) is 108 Å². The van der Waals surface area contributed by atoms with Crippen LogP contribution in [0.25, 0.3) is 0 Å². The predicted molar refractivity (Wildman–Crippen MR) is 155 cm³/mol. The molecule has 0 fully saturated rings. The number of aliphatic hydroxyl groups is 1. The van der Waals surface area contributed by atoms with Gasteiger partial charge in [0.05, 0.1) is 17.3 Å². The van der Waals surface area contributed by atoms with Crippen LogP contribution in [-0.4, -0.2) is 51.7 Å². The summed E-state index contributed by atoms with van der Waals surface area (Å²) in [6.07, 6.45) is -0.355. The molecule has 0 saturated carbocycles. The summed E-state index contributed by atoms with van der Waals surface area (Å²) in [5.74, 6) is -1.09. The molecule has 0 saturated heterocycles. The van der Waals surface area contributed by atoms with Crippen LogP contribution in [0.1, 0.15) is 76.3 Å². The number of benzene rings is 2. The number of para-hydroxylation sites is 1. The van der Waals surface area contributed by atoms with Gasteiger partial charge in [-0.1, -0.05) is 54.4 Å². The van der Waals surface area contributed by atoms with Crippen LogP contribution in [0.3, 0.4) is 0 Å². The van der Waals surface area contributed by atoms with Crippen LogP contribution in [0.2, 0.25) is 5.02 Å². The van der Waals surface area contributed by atoms with Gasteiger partial charge in [-0.15, -0.1) is 0 Å². The Kier molecular flexibility index (Phi) is 10.6. The molecule has 9 heteroatoms. The molecule has 0 aliphatic heterocycles. The van der Waals surface area contributed by atoms with Gasteiger partial charge in [0.25, 0.3) is 5.91 Å². The van der Waals surface area contributed by atoms with Crippen LogP contribution in [0.5, 0.6) is 0 Å². The second kappa shape index (κ2) is 12.8. The van der Waals surface area contributed by atoms with Gasteiger partial charge in [-0.05, 0) is 84.6 Å². The molecule has 0 spiro atoms. The first-order valence-electron chi connectivity index (χ1n) is 13.1. The highest BCUT2D eigenvalue weighted by Crippen LogP contribution is 2.36. The Morgan fingerprint density at radius 3 is 2.18 bits per heavy atom. The summed E-state index contributed by atoms with van der Waals surface area (Å²) < 4.78 is 5.32. The Bertz CT molecular complexity index is 1190. The van der Waals surface area contributed by atoms with E-state index in [2.05, 4.69) is 10.6 Å². The lowest BCUT2D eigenvalue weighted by Gasteiger charge is -2.44. The van der Waals surface area contributed by atoms with Crippen LogP contribution in [-0.2, 0) is 14.3 Å². The minimum absolute atomic E-state index is 0.371. The Hall–Kier alpha value is -3.10. The molecule has 3 amide bonds. The quantitative estimate of drug-likeness (QED) is 0.357. The van der Waals surface area contributed by atoms with Crippen molar-refractivity contribution in [2.45, 2.75) is 92.0 Å². The third-order valence-electron chi connectivity index (χ3n) is 6.62. The first kappa shape index (κ1) is 32.1. The van der Waals surface area contributed by atoms with Gasteiger partial charge >= 0.3 is 6.09 Å². The standard InChI is InChI=1S/C30H42ClN3O5/c1-10-30(8,9)34(27(37)23(17-35)32-28(38)39-29(5,6)7)25(21-15-14-18(2)16-20(21)4)26(36)33-24-19(3)12-11-13-22(24)31/h11-16,23,25,35H,10,17H2,1-9H3,(H,32,38)(H,33,36). The second-order valence-corrected chi connectivity index (χ2v) is 11.8. The van der Waals surface area contributed by atoms with Crippen molar-refractivity contribution in [1.82, 2.24) is 10.2 Å². The summed E-state index contributed by atoms with van der Waals surface area (Å²) in [7, 11) is 0. The Morgan fingerprint density at radius 1 is 1.03 bits per heavy atom. The second-order valence-electron chi connectivity index (χ2n) is 11.4. The van der Waals surface area contributed by atoms with Crippen molar-refractivity contribution in [1.29, 1.82) is 0 Å². The smallest absolute Gasteiger partial charge is 0.408 e. The fourth-order valence-corrected chi connectivity index (χ4v) is 4.53. The fraction of sp³-hybridized carbons (Fsp3) is 0.500. The molecule has 2 aromatic rings. The number of aryl methyl sites for hydroxylation is 3. The first-order valence-corrected chi connectivity index (χ1v) is 13.5. The average molecular weight is 560 g/mol. The van der Waals surface area contributed by atoms with E-state index in [-0.39, 0.29) is 0 Å². The van der Waals surface area contributed by atoms with Crippen molar-refractivity contribution < 1.29 is 24.2 Å². The van der Waals surface area contributed by atoms with Gasteiger partial charge in [-0.2, -0.15) is 0 Å². The number of nitrogens with one attached hydrogen (secondary N) is 2. The van der Waals surface area contributed by atoms with Gasteiger partial charge in [0, 0.05) is 5.54 Å². The minimum atomic E-state index is -1.34. The molecule has 0 aliphatic carbocycles. The molecule has 2 atom stereocenters. The first-order chi connectivity index (χ1) is 18.0. The molecule has 39 heavy (non-hydrogen) atoms. The summed E-state index contributed by atoms with van der Waals surface area (Å²) >= 11 is 6.43. The number of hydrogen-bond acceptors (Lipinski definition) is 5. The van der Waals surface area contributed by atoms with Crippen LogP contribution in [0.4, 0.5) is 10.5 Å². The minimum Gasteiger partial charge on any atom is -0.444 e. The largest absolute Gasteiger partial charge is 0.444 e. The molecule has 0 aromatic heterocycles.